The van der Waals surface area contributed by atoms with Crippen LogP contribution in [0, 0.1) is 0 Å². The van der Waals surface area contributed by atoms with Crippen molar-refractivity contribution < 1.29 is 26.8 Å². The molecule has 0 spiro atoms. The van der Waals surface area contributed by atoms with Crippen LogP contribution < -0.4 is 0 Å². The summed E-state index contributed by atoms with van der Waals surface area (Å²) in [6.45, 7) is 3.25. The van der Waals surface area contributed by atoms with Crippen molar-refractivity contribution in [2.75, 3.05) is 7.05 Å². The minimum Gasteiger partial charge on any atom is -0.452 e. The molecule has 0 bridgehead atoms. The lowest BCUT2D eigenvalue weighted by Gasteiger charge is -2.21. The van der Waals surface area contributed by atoms with Gasteiger partial charge in [0, 0.05) is 13.1 Å². The summed E-state index contributed by atoms with van der Waals surface area (Å²) >= 11 is 3.18. The molecule has 0 atom stereocenters. The number of nitrogens with zero attached hydrogens (tertiary/aromatic N) is 3. The Kier molecular flexibility index (Phi) is 6.20. The summed E-state index contributed by atoms with van der Waals surface area (Å²) in [5.74, 6) is -0.125. The molecule has 0 saturated heterocycles. The monoisotopic (exact) mass is 483 g/mol. The largest absolute Gasteiger partial charge is 0.452 e. The van der Waals surface area contributed by atoms with Crippen molar-refractivity contribution in [3.05, 3.63) is 52.5 Å². The zero-order valence-electron chi connectivity index (χ0n) is 15.8. The van der Waals surface area contributed by atoms with Crippen molar-refractivity contribution in [2.45, 2.75) is 31.4 Å². The van der Waals surface area contributed by atoms with Crippen LogP contribution in [0.5, 0.6) is 0 Å². The van der Waals surface area contributed by atoms with E-state index in [9.17, 15) is 13.2 Å². The summed E-state index contributed by atoms with van der Waals surface area (Å²) in [6, 6.07) is 8.75. The number of carbonyl (C=O) groups excluding carboxylic acids is 1. The Morgan fingerprint density at radius 3 is 2.62 bits per heavy atom. The summed E-state index contributed by atoms with van der Waals surface area (Å²) in [4.78, 5) is 12.3. The number of benzene rings is 1. The Bertz CT molecular complexity index is 1120. The molecule has 0 aliphatic carbocycles. The lowest BCUT2D eigenvalue weighted by molar-refractivity contribution is 0.0438. The molecular weight excluding hydrogens is 466 g/mol. The maximum absolute atomic E-state index is 12.6. The molecule has 2 aromatic heterocycles. The number of furan rings is 1. The van der Waals surface area contributed by atoms with E-state index in [4.69, 9.17) is 13.6 Å². The number of hydrogen-bond donors (Lipinski definition) is 0. The van der Waals surface area contributed by atoms with Gasteiger partial charge in [0.15, 0.2) is 17.0 Å². The highest BCUT2D eigenvalue weighted by Crippen LogP contribution is 2.24. The third-order valence-electron chi connectivity index (χ3n) is 4.05. The van der Waals surface area contributed by atoms with Gasteiger partial charge in [-0.2, -0.15) is 4.31 Å². The Morgan fingerprint density at radius 1 is 1.21 bits per heavy atom. The second kappa shape index (κ2) is 8.47. The second-order valence-electron chi connectivity index (χ2n) is 6.32. The fraction of sp³-hybridized carbons (Fsp3) is 0.278. The van der Waals surface area contributed by atoms with Crippen molar-refractivity contribution in [3.8, 4) is 11.7 Å². The van der Waals surface area contributed by atoms with E-state index < -0.39 is 16.0 Å². The number of rotatable bonds is 7. The van der Waals surface area contributed by atoms with E-state index in [1.807, 2.05) is 0 Å². The standard InChI is InChI=1S/C18H18BrN3O6S/c1-11(2)22(3)29(24,25)13-6-4-5-12(9-13)18(23)26-10-16-20-21-17(28-16)14-7-8-15(19)27-14/h4-9,11H,10H2,1-3H3. The molecule has 11 heteroatoms. The number of carbonyl (C=O) groups is 1. The quantitative estimate of drug-likeness (QED) is 0.468. The van der Waals surface area contributed by atoms with E-state index in [0.29, 0.717) is 10.4 Å². The highest BCUT2D eigenvalue weighted by atomic mass is 79.9. The number of aromatic nitrogens is 2. The SMILES string of the molecule is CC(C)N(C)S(=O)(=O)c1cccc(C(=O)OCc2nnc(-c3ccc(Br)o3)o2)c1. The topological polar surface area (TPSA) is 116 Å². The van der Waals surface area contributed by atoms with Crippen LogP contribution in [-0.4, -0.2) is 42.0 Å². The lowest BCUT2D eigenvalue weighted by Crippen LogP contribution is -2.33. The number of halogens is 1. The summed E-state index contributed by atoms with van der Waals surface area (Å²) in [5.41, 5.74) is 0.0953. The van der Waals surface area contributed by atoms with Gasteiger partial charge >= 0.3 is 5.97 Å². The van der Waals surface area contributed by atoms with Gasteiger partial charge < -0.3 is 13.6 Å². The van der Waals surface area contributed by atoms with Gasteiger partial charge in [-0.1, -0.05) is 6.07 Å². The van der Waals surface area contributed by atoms with Gasteiger partial charge in [0.1, 0.15) is 0 Å². The van der Waals surface area contributed by atoms with E-state index in [0.717, 1.165) is 0 Å². The van der Waals surface area contributed by atoms with E-state index in [1.54, 1.807) is 26.0 Å². The molecule has 0 aliphatic rings. The Hall–Kier alpha value is -2.50. The molecule has 2 heterocycles. The van der Waals surface area contributed by atoms with E-state index in [-0.39, 0.29) is 34.9 Å². The molecule has 3 rings (SSSR count). The normalized spacial score (nSPS) is 11.9. The number of hydrogen-bond acceptors (Lipinski definition) is 8. The summed E-state index contributed by atoms with van der Waals surface area (Å²) < 4.78 is 42.8. The van der Waals surface area contributed by atoms with E-state index in [2.05, 4.69) is 26.1 Å². The van der Waals surface area contributed by atoms with Crippen molar-refractivity contribution in [2.24, 2.45) is 0 Å². The smallest absolute Gasteiger partial charge is 0.338 e. The molecule has 0 unspecified atom stereocenters. The highest BCUT2D eigenvalue weighted by molar-refractivity contribution is 9.10. The maximum atomic E-state index is 12.6. The minimum atomic E-state index is -3.72. The first-order valence-electron chi connectivity index (χ1n) is 8.52. The molecule has 154 valence electrons. The lowest BCUT2D eigenvalue weighted by atomic mass is 10.2. The van der Waals surface area contributed by atoms with E-state index >= 15 is 0 Å². The molecule has 0 aliphatic heterocycles. The van der Waals surface area contributed by atoms with Gasteiger partial charge in [-0.3, -0.25) is 0 Å². The average Bonchev–Trinajstić information content (AvgIpc) is 3.34. The average molecular weight is 484 g/mol. The molecule has 0 N–H and O–H groups in total. The third-order valence-corrected chi connectivity index (χ3v) is 6.51. The van der Waals surface area contributed by atoms with Crippen molar-refractivity contribution in [1.82, 2.24) is 14.5 Å². The molecule has 0 radical (unpaired) electrons. The van der Waals surface area contributed by atoms with Crippen molar-refractivity contribution in [3.63, 3.8) is 0 Å². The first kappa shape index (κ1) is 21.2. The van der Waals surface area contributed by atoms with Crippen molar-refractivity contribution in [1.29, 1.82) is 0 Å². The summed E-state index contributed by atoms with van der Waals surface area (Å²) in [6.07, 6.45) is 0. The number of ether oxygens (including phenoxy) is 1. The van der Waals surface area contributed by atoms with Crippen LogP contribution in [0.4, 0.5) is 0 Å². The number of sulfonamides is 1. The molecule has 0 saturated carbocycles. The predicted octanol–water partition coefficient (Wildman–Crippen LogP) is 3.48. The molecule has 9 nitrogen and oxygen atoms in total. The predicted molar refractivity (Wildman–Crippen MR) is 105 cm³/mol. The van der Waals surface area contributed by atoms with Crippen LogP contribution in [0.15, 0.2) is 54.8 Å². The Balaban J connectivity index is 1.70. The molecule has 29 heavy (non-hydrogen) atoms. The molecular formula is C18H18BrN3O6S. The maximum Gasteiger partial charge on any atom is 0.338 e. The van der Waals surface area contributed by atoms with Gasteiger partial charge in [-0.25, -0.2) is 13.2 Å². The summed E-state index contributed by atoms with van der Waals surface area (Å²) in [5, 5.41) is 7.62. The molecule has 1 aromatic carbocycles. The first-order chi connectivity index (χ1) is 13.7. The molecule has 0 fully saturated rings. The fourth-order valence-electron chi connectivity index (χ4n) is 2.28. The van der Waals surface area contributed by atoms with Gasteiger partial charge in [-0.15, -0.1) is 10.2 Å². The van der Waals surface area contributed by atoms with Crippen LogP contribution in [-0.2, 0) is 21.4 Å². The minimum absolute atomic E-state index is 0.00613. The number of esters is 1. The van der Waals surface area contributed by atoms with Gasteiger partial charge in [-0.05, 0) is 60.1 Å². The van der Waals surface area contributed by atoms with Gasteiger partial charge in [0.05, 0.1) is 10.5 Å². The zero-order chi connectivity index (χ0) is 21.2. The first-order valence-corrected chi connectivity index (χ1v) is 10.7. The fourth-order valence-corrected chi connectivity index (χ4v) is 4.00. The molecule has 3 aromatic rings. The van der Waals surface area contributed by atoms with Crippen LogP contribution >= 0.6 is 15.9 Å². The molecule has 0 amide bonds. The summed E-state index contributed by atoms with van der Waals surface area (Å²) in [7, 11) is -2.23. The Labute approximate surface area is 175 Å². The zero-order valence-corrected chi connectivity index (χ0v) is 18.2. The van der Waals surface area contributed by atoms with Crippen molar-refractivity contribution >= 4 is 31.9 Å². The highest BCUT2D eigenvalue weighted by Gasteiger charge is 2.24. The second-order valence-corrected chi connectivity index (χ2v) is 9.10. The third kappa shape index (κ3) is 4.74. The van der Waals surface area contributed by atoms with Crippen LogP contribution in [0.1, 0.15) is 30.1 Å². The van der Waals surface area contributed by atoms with Gasteiger partial charge in [0.2, 0.25) is 10.0 Å². The Morgan fingerprint density at radius 2 is 1.97 bits per heavy atom. The van der Waals surface area contributed by atoms with E-state index in [1.165, 1.54) is 35.6 Å². The van der Waals surface area contributed by atoms with Crippen LogP contribution in [0.25, 0.3) is 11.7 Å². The van der Waals surface area contributed by atoms with Crippen LogP contribution in [0.2, 0.25) is 0 Å². The van der Waals surface area contributed by atoms with Gasteiger partial charge in [0.25, 0.3) is 11.8 Å². The van der Waals surface area contributed by atoms with Crippen LogP contribution in [0.3, 0.4) is 0 Å².